The van der Waals surface area contributed by atoms with E-state index in [0.717, 1.165) is 0 Å². The smallest absolute Gasteiger partial charge is 0.408 e. The minimum Gasteiger partial charge on any atom is -0.444 e. The van der Waals surface area contributed by atoms with Crippen LogP contribution in [0.25, 0.3) is 0 Å². The van der Waals surface area contributed by atoms with Gasteiger partial charge in [-0.25, -0.2) is 4.79 Å². The molecule has 0 aromatic carbocycles. The lowest BCUT2D eigenvalue weighted by molar-refractivity contribution is 0.0476. The van der Waals surface area contributed by atoms with Gasteiger partial charge in [0.15, 0.2) is 5.96 Å². The summed E-state index contributed by atoms with van der Waals surface area (Å²) in [6, 6.07) is 0. The number of hydrogen-bond acceptors (Lipinski definition) is 3. The Morgan fingerprint density at radius 2 is 1.82 bits per heavy atom. The Labute approximate surface area is 133 Å². The van der Waals surface area contributed by atoms with E-state index in [1.807, 2.05) is 41.5 Å². The number of alkyl halides is 1. The summed E-state index contributed by atoms with van der Waals surface area (Å²) in [6.07, 6.45) is -0.0349. The second kappa shape index (κ2) is 9.48. The van der Waals surface area contributed by atoms with E-state index in [4.69, 9.17) is 4.74 Å². The molecule has 0 rings (SSSR count). The largest absolute Gasteiger partial charge is 0.444 e. The predicted molar refractivity (Wildman–Crippen MR) is 88.0 cm³/mol. The van der Waals surface area contributed by atoms with Gasteiger partial charge in [-0.3, -0.25) is 9.38 Å². The Morgan fingerprint density at radius 1 is 1.18 bits per heavy atom. The maximum absolute atomic E-state index is 12.1. The van der Waals surface area contributed by atoms with Gasteiger partial charge < -0.3 is 20.7 Å². The first-order valence-corrected chi connectivity index (χ1v) is 7.69. The number of amides is 1. The number of nitrogens with zero attached hydrogens (tertiary/aromatic N) is 1. The first kappa shape index (κ1) is 20.5. The molecule has 0 aromatic heterocycles. The molecular weight excluding hydrogens is 287 g/mol. The highest BCUT2D eigenvalue weighted by atomic mass is 19.1. The van der Waals surface area contributed by atoms with Gasteiger partial charge in [0, 0.05) is 13.1 Å². The minimum atomic E-state index is -0.551. The summed E-state index contributed by atoms with van der Waals surface area (Å²) < 4.78 is 17.4. The van der Waals surface area contributed by atoms with E-state index in [1.54, 1.807) is 0 Å². The summed E-state index contributed by atoms with van der Waals surface area (Å²) >= 11 is 0. The molecular formula is C15H31FN4O2. The molecule has 0 aliphatic heterocycles. The van der Waals surface area contributed by atoms with E-state index in [2.05, 4.69) is 20.9 Å². The predicted octanol–water partition coefficient (Wildman–Crippen LogP) is 2.20. The maximum atomic E-state index is 12.1. The van der Waals surface area contributed by atoms with E-state index in [-0.39, 0.29) is 6.67 Å². The van der Waals surface area contributed by atoms with Crippen LogP contribution >= 0.6 is 0 Å². The Hall–Kier alpha value is -1.53. The van der Waals surface area contributed by atoms with Gasteiger partial charge in [0.25, 0.3) is 0 Å². The van der Waals surface area contributed by atoms with Crippen molar-refractivity contribution in [3.05, 3.63) is 0 Å². The van der Waals surface area contributed by atoms with Crippen LogP contribution in [0.5, 0.6) is 0 Å². The van der Waals surface area contributed by atoms with Crippen LogP contribution in [0.1, 0.15) is 48.0 Å². The summed E-state index contributed by atoms with van der Waals surface area (Å²) in [5, 5.41) is 8.91. The van der Waals surface area contributed by atoms with Crippen LogP contribution in [0.2, 0.25) is 0 Å². The Morgan fingerprint density at radius 3 is 2.32 bits per heavy atom. The van der Waals surface area contributed by atoms with Gasteiger partial charge in [0.05, 0.1) is 18.8 Å². The summed E-state index contributed by atoms with van der Waals surface area (Å²) in [7, 11) is 0. The number of carbonyl (C=O) groups is 1. The lowest BCUT2D eigenvalue weighted by atomic mass is 10.1. The molecule has 0 fully saturated rings. The van der Waals surface area contributed by atoms with Crippen molar-refractivity contribution < 1.29 is 13.9 Å². The highest BCUT2D eigenvalue weighted by Gasteiger charge is 2.24. The molecule has 6 nitrogen and oxygen atoms in total. The van der Waals surface area contributed by atoms with Crippen molar-refractivity contribution in [3.8, 4) is 0 Å². The van der Waals surface area contributed by atoms with Gasteiger partial charge in [-0.05, 0) is 48.0 Å². The number of halogens is 1. The van der Waals surface area contributed by atoms with Crippen LogP contribution < -0.4 is 16.0 Å². The molecule has 1 amide bonds. The Balaban J connectivity index is 4.51. The minimum absolute atomic E-state index is 0.363. The van der Waals surface area contributed by atoms with Gasteiger partial charge >= 0.3 is 6.09 Å². The zero-order chi connectivity index (χ0) is 17.2. The molecule has 0 unspecified atom stereocenters. The fourth-order valence-electron chi connectivity index (χ4n) is 1.51. The van der Waals surface area contributed by atoms with E-state index in [9.17, 15) is 9.18 Å². The Kier molecular flexibility index (Phi) is 8.82. The highest BCUT2D eigenvalue weighted by molar-refractivity contribution is 5.79. The molecule has 0 aromatic rings. The number of rotatable bonds is 7. The fourth-order valence-corrected chi connectivity index (χ4v) is 1.51. The van der Waals surface area contributed by atoms with Gasteiger partial charge in [0.1, 0.15) is 5.60 Å². The third-order valence-electron chi connectivity index (χ3n) is 2.42. The van der Waals surface area contributed by atoms with Crippen molar-refractivity contribution in [1.82, 2.24) is 16.0 Å². The van der Waals surface area contributed by atoms with Crippen molar-refractivity contribution in [2.45, 2.75) is 59.1 Å². The highest BCUT2D eigenvalue weighted by Crippen LogP contribution is 2.09. The quantitative estimate of drug-likeness (QED) is 0.382. The second-order valence-electron chi connectivity index (χ2n) is 6.68. The topological polar surface area (TPSA) is 74.8 Å². The third-order valence-corrected chi connectivity index (χ3v) is 2.42. The maximum Gasteiger partial charge on any atom is 0.408 e. The van der Waals surface area contributed by atoms with Crippen molar-refractivity contribution in [2.24, 2.45) is 4.99 Å². The van der Waals surface area contributed by atoms with Crippen molar-refractivity contribution in [1.29, 1.82) is 0 Å². The number of alkyl carbamates (subject to hydrolysis) is 1. The SMILES string of the molecule is CCNC(=NCC(C)(C)NC(=O)OC(C)(C)C)NCCCF. The number of guanidine groups is 1. The second-order valence-corrected chi connectivity index (χ2v) is 6.68. The molecule has 0 aliphatic rings. The summed E-state index contributed by atoms with van der Waals surface area (Å²) in [5.74, 6) is 0.606. The van der Waals surface area contributed by atoms with E-state index < -0.39 is 17.2 Å². The third kappa shape index (κ3) is 11.2. The van der Waals surface area contributed by atoms with Crippen LogP contribution in [0.4, 0.5) is 9.18 Å². The summed E-state index contributed by atoms with van der Waals surface area (Å²) in [4.78, 5) is 16.2. The molecule has 22 heavy (non-hydrogen) atoms. The molecule has 0 heterocycles. The molecule has 7 heteroatoms. The first-order chi connectivity index (χ1) is 10.1. The summed E-state index contributed by atoms with van der Waals surface area (Å²) in [6.45, 7) is 12.4. The van der Waals surface area contributed by atoms with Crippen molar-refractivity contribution in [3.63, 3.8) is 0 Å². The van der Waals surface area contributed by atoms with Gasteiger partial charge in [0.2, 0.25) is 0 Å². The molecule has 0 radical (unpaired) electrons. The van der Waals surface area contributed by atoms with Crippen LogP contribution in [0, 0.1) is 0 Å². The van der Waals surface area contributed by atoms with Crippen LogP contribution in [-0.4, -0.2) is 49.5 Å². The molecule has 0 saturated carbocycles. The molecule has 0 bridgehead atoms. The van der Waals surface area contributed by atoms with Gasteiger partial charge in [-0.1, -0.05) is 0 Å². The van der Waals surface area contributed by atoms with Gasteiger partial charge in [-0.2, -0.15) is 0 Å². The molecule has 0 atom stereocenters. The molecule has 0 aliphatic carbocycles. The van der Waals surface area contributed by atoms with E-state index >= 15 is 0 Å². The first-order valence-electron chi connectivity index (χ1n) is 7.69. The number of aliphatic imine (C=N–C) groups is 1. The van der Waals surface area contributed by atoms with Crippen molar-refractivity contribution >= 4 is 12.1 Å². The van der Waals surface area contributed by atoms with E-state index in [1.165, 1.54) is 0 Å². The zero-order valence-electron chi connectivity index (χ0n) is 14.7. The lowest BCUT2D eigenvalue weighted by Crippen LogP contribution is -2.49. The fraction of sp³-hybridized carbons (Fsp3) is 0.867. The zero-order valence-corrected chi connectivity index (χ0v) is 14.7. The average molecular weight is 318 g/mol. The molecule has 3 N–H and O–H groups in total. The van der Waals surface area contributed by atoms with Crippen LogP contribution in [0.3, 0.4) is 0 Å². The summed E-state index contributed by atoms with van der Waals surface area (Å²) in [5.41, 5.74) is -1.09. The number of nitrogens with one attached hydrogen (secondary N) is 3. The van der Waals surface area contributed by atoms with Gasteiger partial charge in [-0.15, -0.1) is 0 Å². The average Bonchev–Trinajstić information content (AvgIpc) is 2.33. The molecule has 130 valence electrons. The molecule has 0 spiro atoms. The lowest BCUT2D eigenvalue weighted by Gasteiger charge is -2.27. The van der Waals surface area contributed by atoms with E-state index in [0.29, 0.717) is 32.0 Å². The van der Waals surface area contributed by atoms with Crippen molar-refractivity contribution in [2.75, 3.05) is 26.3 Å². The van der Waals surface area contributed by atoms with Crippen LogP contribution in [-0.2, 0) is 4.74 Å². The molecule has 0 saturated heterocycles. The normalized spacial score (nSPS) is 12.8. The standard InChI is InChI=1S/C15H31FN4O2/c1-7-17-12(18-10-8-9-16)19-11-15(5,6)20-13(21)22-14(2,3)4/h7-11H2,1-6H3,(H,20,21)(H2,17,18,19). The number of hydrogen-bond donors (Lipinski definition) is 3. The van der Waals surface area contributed by atoms with Crippen LogP contribution in [0.15, 0.2) is 4.99 Å². The Bertz CT molecular complexity index is 365. The monoisotopic (exact) mass is 318 g/mol. The number of carbonyl (C=O) groups excluding carboxylic acids is 1. The number of ether oxygens (including phenoxy) is 1.